The van der Waals surface area contributed by atoms with Gasteiger partial charge in [0.1, 0.15) is 5.82 Å². The number of hydrogen-bond donors (Lipinski definition) is 1. The first kappa shape index (κ1) is 20.2. The van der Waals surface area contributed by atoms with Crippen LogP contribution in [0.2, 0.25) is 0 Å². The molecule has 0 unspecified atom stereocenters. The van der Waals surface area contributed by atoms with E-state index in [4.69, 9.17) is 0 Å². The van der Waals surface area contributed by atoms with Crippen molar-refractivity contribution in [2.24, 2.45) is 0 Å². The summed E-state index contributed by atoms with van der Waals surface area (Å²) >= 11 is 0. The summed E-state index contributed by atoms with van der Waals surface area (Å²) in [6.45, 7) is 5.31. The van der Waals surface area contributed by atoms with Crippen LogP contribution in [0.3, 0.4) is 0 Å². The van der Waals surface area contributed by atoms with Gasteiger partial charge in [-0.2, -0.15) is 13.2 Å². The normalized spacial score (nSPS) is 17.6. The summed E-state index contributed by atoms with van der Waals surface area (Å²) in [5.41, 5.74) is -0.606. The molecule has 1 atom stereocenters. The Kier molecular flexibility index (Phi) is 7.77. The van der Waals surface area contributed by atoms with Crippen LogP contribution in [0.4, 0.5) is 17.6 Å². The number of benzene rings is 1. The molecule has 1 fully saturated rings. The van der Waals surface area contributed by atoms with Gasteiger partial charge in [-0.25, -0.2) is 4.39 Å². The lowest BCUT2D eigenvalue weighted by Gasteiger charge is -2.35. The Bertz CT molecular complexity index is 487. The van der Waals surface area contributed by atoms with E-state index in [1.807, 2.05) is 0 Å². The van der Waals surface area contributed by atoms with Crippen LogP contribution in [0.25, 0.3) is 0 Å². The van der Waals surface area contributed by atoms with Gasteiger partial charge in [0.2, 0.25) is 0 Å². The minimum absolute atomic E-state index is 0. The molecule has 0 aliphatic carbocycles. The van der Waals surface area contributed by atoms with Gasteiger partial charge in [-0.1, -0.05) is 25.8 Å². The maximum Gasteiger partial charge on any atom is 0.419 e. The second-order valence-electron chi connectivity index (χ2n) is 5.68. The predicted molar refractivity (Wildman–Crippen MR) is 85.4 cm³/mol. The van der Waals surface area contributed by atoms with Gasteiger partial charge in [-0.3, -0.25) is 4.90 Å². The van der Waals surface area contributed by atoms with Crippen LogP contribution in [0.15, 0.2) is 18.2 Å². The molecule has 23 heavy (non-hydrogen) atoms. The molecule has 2 nitrogen and oxygen atoms in total. The second kappa shape index (κ2) is 8.85. The van der Waals surface area contributed by atoms with E-state index in [0.717, 1.165) is 57.6 Å². The molecule has 1 N–H and O–H groups in total. The first-order chi connectivity index (χ1) is 10.4. The number of hydrogen-bond acceptors (Lipinski definition) is 2. The molecule has 2 rings (SSSR count). The van der Waals surface area contributed by atoms with E-state index in [0.29, 0.717) is 5.56 Å². The Labute approximate surface area is 140 Å². The van der Waals surface area contributed by atoms with Crippen LogP contribution >= 0.6 is 12.4 Å². The third-order valence-electron chi connectivity index (χ3n) is 4.10. The number of piperazine rings is 1. The summed E-state index contributed by atoms with van der Waals surface area (Å²) in [4.78, 5) is 2.19. The summed E-state index contributed by atoms with van der Waals surface area (Å²) in [6.07, 6.45) is -1.94. The van der Waals surface area contributed by atoms with E-state index < -0.39 is 17.6 Å². The Morgan fingerprint density at radius 3 is 2.43 bits per heavy atom. The van der Waals surface area contributed by atoms with Crippen molar-refractivity contribution in [1.82, 2.24) is 10.2 Å². The van der Waals surface area contributed by atoms with Crippen LogP contribution in [0.1, 0.15) is 43.4 Å². The Morgan fingerprint density at radius 1 is 1.22 bits per heavy atom. The Morgan fingerprint density at radius 2 is 1.87 bits per heavy atom. The average Bonchev–Trinajstić information content (AvgIpc) is 2.49. The van der Waals surface area contributed by atoms with E-state index in [2.05, 4.69) is 17.1 Å². The molecule has 0 aromatic heterocycles. The molecule has 0 bridgehead atoms. The zero-order chi connectivity index (χ0) is 16.2. The average molecular weight is 355 g/mol. The number of nitrogens with zero attached hydrogens (tertiary/aromatic N) is 1. The van der Waals surface area contributed by atoms with Crippen molar-refractivity contribution in [3.05, 3.63) is 35.1 Å². The molecule has 1 aliphatic rings. The summed E-state index contributed by atoms with van der Waals surface area (Å²) < 4.78 is 52.2. The van der Waals surface area contributed by atoms with E-state index in [-0.39, 0.29) is 18.4 Å². The predicted octanol–water partition coefficient (Wildman–Crippen LogP) is 4.40. The molecule has 1 saturated heterocycles. The molecule has 1 aromatic rings. The number of unbranched alkanes of at least 4 members (excludes halogenated alkanes) is 1. The first-order valence-electron chi connectivity index (χ1n) is 7.75. The third-order valence-corrected chi connectivity index (χ3v) is 4.10. The van der Waals surface area contributed by atoms with Crippen molar-refractivity contribution in [3.8, 4) is 0 Å². The van der Waals surface area contributed by atoms with Crippen molar-refractivity contribution >= 4 is 12.4 Å². The largest absolute Gasteiger partial charge is 0.419 e. The fourth-order valence-corrected chi connectivity index (χ4v) is 2.92. The van der Waals surface area contributed by atoms with Gasteiger partial charge in [0.05, 0.1) is 5.56 Å². The first-order valence-corrected chi connectivity index (χ1v) is 7.75. The fraction of sp³-hybridized carbons (Fsp3) is 0.625. The van der Waals surface area contributed by atoms with Crippen molar-refractivity contribution in [2.75, 3.05) is 26.2 Å². The quantitative estimate of drug-likeness (QED) is 0.788. The second-order valence-corrected chi connectivity index (χ2v) is 5.68. The maximum atomic E-state index is 13.5. The van der Waals surface area contributed by atoms with Gasteiger partial charge >= 0.3 is 6.18 Å². The van der Waals surface area contributed by atoms with Gasteiger partial charge in [0, 0.05) is 32.2 Å². The highest BCUT2D eigenvalue weighted by molar-refractivity contribution is 5.85. The van der Waals surface area contributed by atoms with Crippen molar-refractivity contribution in [3.63, 3.8) is 0 Å². The fourth-order valence-electron chi connectivity index (χ4n) is 2.92. The van der Waals surface area contributed by atoms with Crippen LogP contribution in [0.5, 0.6) is 0 Å². The molecular formula is C16H23ClF4N2. The highest BCUT2D eigenvalue weighted by Crippen LogP contribution is 2.35. The van der Waals surface area contributed by atoms with Gasteiger partial charge in [-0.15, -0.1) is 12.4 Å². The SMILES string of the molecule is CCCC[C@@H](c1ccc(F)c(C(F)(F)F)c1)N1CCNCC1.Cl. The van der Waals surface area contributed by atoms with Crippen LogP contribution in [0, 0.1) is 5.82 Å². The maximum absolute atomic E-state index is 13.5. The minimum atomic E-state index is -4.65. The van der Waals surface area contributed by atoms with E-state index in [1.165, 1.54) is 6.07 Å². The molecule has 0 radical (unpaired) electrons. The number of rotatable bonds is 5. The topological polar surface area (TPSA) is 15.3 Å². The lowest BCUT2D eigenvalue weighted by atomic mass is 9.96. The highest BCUT2D eigenvalue weighted by Gasteiger charge is 2.35. The van der Waals surface area contributed by atoms with Gasteiger partial charge in [-0.05, 0) is 24.1 Å². The van der Waals surface area contributed by atoms with Gasteiger partial charge < -0.3 is 5.32 Å². The van der Waals surface area contributed by atoms with Crippen LogP contribution in [-0.4, -0.2) is 31.1 Å². The van der Waals surface area contributed by atoms with E-state index in [1.54, 1.807) is 0 Å². The number of alkyl halides is 3. The Hall–Kier alpha value is -0.850. The van der Waals surface area contributed by atoms with Gasteiger partial charge in [0.25, 0.3) is 0 Å². The van der Waals surface area contributed by atoms with Crippen molar-refractivity contribution < 1.29 is 17.6 Å². The molecule has 0 saturated carbocycles. The number of halogens is 5. The standard InChI is InChI=1S/C16H22F4N2.ClH/c1-2-3-4-15(22-9-7-21-8-10-22)12-5-6-14(17)13(11-12)16(18,19)20;/h5-6,11,15,21H,2-4,7-10H2,1H3;1H/t15-;/m0./s1. The Balaban J connectivity index is 0.00000264. The molecule has 1 aromatic carbocycles. The third kappa shape index (κ3) is 5.33. The monoisotopic (exact) mass is 354 g/mol. The zero-order valence-corrected chi connectivity index (χ0v) is 13.9. The van der Waals surface area contributed by atoms with E-state index in [9.17, 15) is 17.6 Å². The number of nitrogens with one attached hydrogen (secondary N) is 1. The molecular weight excluding hydrogens is 332 g/mol. The summed E-state index contributed by atoms with van der Waals surface area (Å²) in [5, 5.41) is 3.24. The van der Waals surface area contributed by atoms with E-state index >= 15 is 0 Å². The smallest absolute Gasteiger partial charge is 0.314 e. The van der Waals surface area contributed by atoms with Crippen molar-refractivity contribution in [1.29, 1.82) is 0 Å². The molecule has 1 heterocycles. The van der Waals surface area contributed by atoms with Gasteiger partial charge in [0.15, 0.2) is 0 Å². The molecule has 1 aliphatic heterocycles. The summed E-state index contributed by atoms with van der Waals surface area (Å²) in [6, 6.07) is 3.34. The summed E-state index contributed by atoms with van der Waals surface area (Å²) in [7, 11) is 0. The molecule has 7 heteroatoms. The zero-order valence-electron chi connectivity index (χ0n) is 13.1. The van der Waals surface area contributed by atoms with Crippen LogP contribution in [-0.2, 0) is 6.18 Å². The molecule has 0 amide bonds. The lowest BCUT2D eigenvalue weighted by molar-refractivity contribution is -0.140. The minimum Gasteiger partial charge on any atom is -0.314 e. The summed E-state index contributed by atoms with van der Waals surface area (Å²) in [5.74, 6) is -1.20. The highest BCUT2D eigenvalue weighted by atomic mass is 35.5. The lowest BCUT2D eigenvalue weighted by Crippen LogP contribution is -2.45. The molecule has 0 spiro atoms. The van der Waals surface area contributed by atoms with Crippen LogP contribution < -0.4 is 5.32 Å². The molecule has 132 valence electrons. The van der Waals surface area contributed by atoms with Crippen molar-refractivity contribution in [2.45, 2.75) is 38.4 Å².